The maximum absolute atomic E-state index is 13.0. The maximum atomic E-state index is 13.0. The first kappa shape index (κ1) is 28.3. The van der Waals surface area contributed by atoms with Crippen LogP contribution in [0.3, 0.4) is 0 Å². The molecule has 2 heterocycles. The summed E-state index contributed by atoms with van der Waals surface area (Å²) in [5.74, 6) is 0.544. The number of carbonyl (C=O) groups is 1. The minimum absolute atomic E-state index is 0.0135. The van der Waals surface area contributed by atoms with Crippen molar-refractivity contribution in [1.29, 1.82) is 5.26 Å². The van der Waals surface area contributed by atoms with Crippen molar-refractivity contribution in [3.05, 3.63) is 99.0 Å². The van der Waals surface area contributed by atoms with Crippen LogP contribution in [0.25, 0.3) is 11.0 Å². The number of hydrogen-bond donors (Lipinski definition) is 1. The van der Waals surface area contributed by atoms with Crippen molar-refractivity contribution < 1.29 is 23.4 Å². The Morgan fingerprint density at radius 1 is 1.02 bits per heavy atom. The van der Waals surface area contributed by atoms with Gasteiger partial charge in [0.05, 0.1) is 12.5 Å². The number of furan rings is 1. The molecule has 1 unspecified atom stereocenters. The van der Waals surface area contributed by atoms with Gasteiger partial charge in [0.2, 0.25) is 11.6 Å². The molecular formula is C33H31BrN2O5. The molecule has 1 aromatic heterocycles. The molecule has 0 fully saturated rings. The van der Waals surface area contributed by atoms with Gasteiger partial charge >= 0.3 is 5.97 Å². The van der Waals surface area contributed by atoms with Crippen LogP contribution in [0, 0.1) is 18.3 Å². The van der Waals surface area contributed by atoms with Crippen molar-refractivity contribution in [2.45, 2.75) is 51.9 Å². The minimum atomic E-state index is -0.621. The van der Waals surface area contributed by atoms with Gasteiger partial charge in [-0.15, -0.1) is 0 Å². The number of nitrogens with two attached hydrogens (primary N) is 1. The summed E-state index contributed by atoms with van der Waals surface area (Å²) in [6.07, 6.45) is 5.88. The highest BCUT2D eigenvalue weighted by Gasteiger charge is 2.31. The van der Waals surface area contributed by atoms with E-state index in [0.29, 0.717) is 29.1 Å². The predicted molar refractivity (Wildman–Crippen MR) is 160 cm³/mol. The van der Waals surface area contributed by atoms with Crippen molar-refractivity contribution in [3.63, 3.8) is 0 Å². The molecule has 0 radical (unpaired) electrons. The lowest BCUT2D eigenvalue weighted by Gasteiger charge is -2.26. The van der Waals surface area contributed by atoms with Gasteiger partial charge in [0.25, 0.3) is 0 Å². The quantitative estimate of drug-likeness (QED) is 0.109. The Labute approximate surface area is 247 Å². The fourth-order valence-corrected chi connectivity index (χ4v) is 5.40. The number of nitriles is 1. The Kier molecular flexibility index (Phi) is 8.65. The molecule has 7 nitrogen and oxygen atoms in total. The van der Waals surface area contributed by atoms with E-state index in [4.69, 9.17) is 24.4 Å². The average molecular weight is 616 g/mol. The van der Waals surface area contributed by atoms with Crippen molar-refractivity contribution in [1.82, 2.24) is 0 Å². The summed E-state index contributed by atoms with van der Waals surface area (Å²) in [7, 11) is 0. The van der Waals surface area contributed by atoms with Gasteiger partial charge in [-0.2, -0.15) is 5.26 Å². The number of halogens is 1. The third-order valence-corrected chi connectivity index (χ3v) is 7.71. The molecule has 0 aliphatic carbocycles. The molecule has 8 heteroatoms. The number of allylic oxidation sites excluding steroid dienone is 1. The zero-order chi connectivity index (χ0) is 28.9. The Morgan fingerprint density at radius 2 is 1.78 bits per heavy atom. The van der Waals surface area contributed by atoms with E-state index in [2.05, 4.69) is 28.9 Å². The van der Waals surface area contributed by atoms with E-state index in [9.17, 15) is 10.1 Å². The highest BCUT2D eigenvalue weighted by molar-refractivity contribution is 9.10. The lowest BCUT2D eigenvalue weighted by molar-refractivity contribution is 0.0702. The Balaban J connectivity index is 1.34. The van der Waals surface area contributed by atoms with Gasteiger partial charge in [-0.3, -0.25) is 0 Å². The Morgan fingerprint density at radius 3 is 2.54 bits per heavy atom. The van der Waals surface area contributed by atoms with E-state index >= 15 is 0 Å². The molecule has 210 valence electrons. The molecule has 41 heavy (non-hydrogen) atoms. The SMILES string of the molecule is CCCCCCCOc1ccc(C2C(C#N)=C(N)Oc3cc(OC(=O)c4oc5ccc(Br)cc5c4C)ccc32)cc1. The summed E-state index contributed by atoms with van der Waals surface area (Å²) >= 11 is 3.45. The molecule has 0 spiro atoms. The number of esters is 1. The molecular weight excluding hydrogens is 584 g/mol. The first-order chi connectivity index (χ1) is 19.9. The first-order valence-corrected chi connectivity index (χ1v) is 14.5. The van der Waals surface area contributed by atoms with Gasteiger partial charge < -0.3 is 24.4 Å². The fraction of sp³-hybridized carbons (Fsp3) is 0.273. The summed E-state index contributed by atoms with van der Waals surface area (Å²) in [4.78, 5) is 13.0. The number of carbonyl (C=O) groups excluding carboxylic acids is 1. The van der Waals surface area contributed by atoms with Crippen molar-refractivity contribution in [2.75, 3.05) is 6.61 Å². The van der Waals surface area contributed by atoms with Gasteiger partial charge in [0.1, 0.15) is 34.5 Å². The number of fused-ring (bicyclic) bond motifs is 2. The summed E-state index contributed by atoms with van der Waals surface area (Å²) in [6, 6.07) is 20.5. The Hall–Kier alpha value is -4.22. The van der Waals surface area contributed by atoms with E-state index in [1.54, 1.807) is 24.3 Å². The second kappa shape index (κ2) is 12.5. The van der Waals surface area contributed by atoms with Crippen LogP contribution in [-0.4, -0.2) is 12.6 Å². The summed E-state index contributed by atoms with van der Waals surface area (Å²) in [6.45, 7) is 4.69. The highest BCUT2D eigenvalue weighted by atomic mass is 79.9. The number of hydrogen-bond acceptors (Lipinski definition) is 7. The minimum Gasteiger partial charge on any atom is -0.494 e. The molecule has 1 aliphatic rings. The van der Waals surface area contributed by atoms with Crippen LogP contribution < -0.4 is 19.9 Å². The zero-order valence-corrected chi connectivity index (χ0v) is 24.6. The van der Waals surface area contributed by atoms with E-state index in [1.165, 1.54) is 19.3 Å². The van der Waals surface area contributed by atoms with E-state index in [0.717, 1.165) is 39.6 Å². The lowest BCUT2D eigenvalue weighted by atomic mass is 9.83. The molecule has 0 amide bonds. The molecule has 3 aromatic carbocycles. The van der Waals surface area contributed by atoms with Crippen molar-refractivity contribution >= 4 is 32.9 Å². The van der Waals surface area contributed by atoms with Crippen LogP contribution in [0.15, 0.2) is 81.0 Å². The van der Waals surface area contributed by atoms with Crippen LogP contribution in [0.1, 0.15) is 72.2 Å². The van der Waals surface area contributed by atoms with E-state index < -0.39 is 11.9 Å². The molecule has 5 rings (SSSR count). The molecule has 0 bridgehead atoms. The molecule has 2 N–H and O–H groups in total. The summed E-state index contributed by atoms with van der Waals surface area (Å²) in [5.41, 5.74) is 9.40. The van der Waals surface area contributed by atoms with Crippen molar-refractivity contribution in [2.24, 2.45) is 5.73 Å². The van der Waals surface area contributed by atoms with Crippen LogP contribution in [0.5, 0.6) is 17.2 Å². The summed E-state index contributed by atoms with van der Waals surface area (Å²) < 4.78 is 24.0. The fourth-order valence-electron chi connectivity index (χ4n) is 5.04. The third kappa shape index (κ3) is 6.10. The number of aryl methyl sites for hydroxylation is 1. The molecule has 0 saturated heterocycles. The first-order valence-electron chi connectivity index (χ1n) is 13.7. The topological polar surface area (TPSA) is 108 Å². The second-order valence-electron chi connectivity index (χ2n) is 10.0. The third-order valence-electron chi connectivity index (χ3n) is 7.21. The number of rotatable bonds is 10. The summed E-state index contributed by atoms with van der Waals surface area (Å²) in [5, 5.41) is 10.7. The monoisotopic (exact) mass is 614 g/mol. The largest absolute Gasteiger partial charge is 0.494 e. The normalized spacial score (nSPS) is 14.3. The van der Waals surface area contributed by atoms with Gasteiger partial charge in [-0.05, 0) is 55.3 Å². The van der Waals surface area contributed by atoms with Crippen LogP contribution >= 0.6 is 15.9 Å². The van der Waals surface area contributed by atoms with E-state index in [-0.39, 0.29) is 17.4 Å². The maximum Gasteiger partial charge on any atom is 0.379 e. The number of benzene rings is 3. The number of unbranched alkanes of at least 4 members (excludes halogenated alkanes) is 4. The standard InChI is InChI=1S/C33H31BrN2O5/c1-3-4-5-6-7-16-38-23-11-8-21(9-12-23)30-25-14-13-24(18-29(25)41-32(36)27(30)19-35)39-33(37)31-20(2)26-17-22(34)10-15-28(26)40-31/h8-15,17-18,30H,3-7,16,36H2,1-2H3. The van der Waals surface area contributed by atoms with E-state index in [1.807, 2.05) is 43.3 Å². The van der Waals surface area contributed by atoms with Crippen LogP contribution in [0.4, 0.5) is 0 Å². The highest BCUT2D eigenvalue weighted by Crippen LogP contribution is 2.44. The average Bonchev–Trinajstić information content (AvgIpc) is 3.30. The molecule has 4 aromatic rings. The van der Waals surface area contributed by atoms with Crippen LogP contribution in [0.2, 0.25) is 0 Å². The van der Waals surface area contributed by atoms with Gasteiger partial charge in [-0.1, -0.05) is 66.7 Å². The molecule has 1 aliphatic heterocycles. The smallest absolute Gasteiger partial charge is 0.379 e. The van der Waals surface area contributed by atoms with Gasteiger partial charge in [0, 0.05) is 27.1 Å². The molecule has 0 saturated carbocycles. The van der Waals surface area contributed by atoms with Crippen LogP contribution in [-0.2, 0) is 0 Å². The van der Waals surface area contributed by atoms with Crippen molar-refractivity contribution in [3.8, 4) is 23.3 Å². The number of nitrogens with zero attached hydrogens (tertiary/aromatic N) is 1. The Bertz CT molecular complexity index is 1650. The predicted octanol–water partition coefficient (Wildman–Crippen LogP) is 8.29. The zero-order valence-electron chi connectivity index (χ0n) is 23.0. The lowest BCUT2D eigenvalue weighted by Crippen LogP contribution is -2.21. The van der Waals surface area contributed by atoms with Gasteiger partial charge in [-0.25, -0.2) is 4.79 Å². The molecule has 1 atom stereocenters. The number of ether oxygens (including phenoxy) is 3. The second-order valence-corrected chi connectivity index (χ2v) is 11.0. The van der Waals surface area contributed by atoms with Gasteiger partial charge in [0.15, 0.2) is 0 Å².